The summed E-state index contributed by atoms with van der Waals surface area (Å²) in [6.07, 6.45) is -0.856. The standard InChI is InChI=1S/C22H18F3N3O3S/c1-14-3-10-21-27-19(13-28(21)12-14)18-11-17(32(29,30)26-2)8-9-20(18)31-16-6-4-15(5-7-16)22(23,24)25/h3-13,26H,1-2H3. The minimum atomic E-state index is -4.46. The van der Waals surface area contributed by atoms with Gasteiger partial charge >= 0.3 is 6.18 Å². The van der Waals surface area contributed by atoms with E-state index < -0.39 is 21.8 Å². The fraction of sp³-hybridized carbons (Fsp3) is 0.136. The first-order chi connectivity index (χ1) is 15.1. The molecule has 2 heterocycles. The lowest BCUT2D eigenvalue weighted by atomic mass is 10.1. The van der Waals surface area contributed by atoms with Crippen molar-refractivity contribution in [2.75, 3.05) is 7.05 Å². The molecule has 6 nitrogen and oxygen atoms in total. The largest absolute Gasteiger partial charge is 0.457 e. The van der Waals surface area contributed by atoms with Gasteiger partial charge in [0.1, 0.15) is 17.1 Å². The van der Waals surface area contributed by atoms with Crippen LogP contribution in [0.3, 0.4) is 0 Å². The summed E-state index contributed by atoms with van der Waals surface area (Å²) < 4.78 is 73.0. The molecule has 0 aliphatic heterocycles. The van der Waals surface area contributed by atoms with Crippen LogP contribution in [0.4, 0.5) is 13.2 Å². The van der Waals surface area contributed by atoms with E-state index in [1.165, 1.54) is 37.4 Å². The van der Waals surface area contributed by atoms with Gasteiger partial charge in [0, 0.05) is 18.0 Å². The van der Waals surface area contributed by atoms with Crippen LogP contribution >= 0.6 is 0 Å². The first kappa shape index (κ1) is 21.8. The zero-order valence-corrected chi connectivity index (χ0v) is 17.8. The maximum Gasteiger partial charge on any atom is 0.416 e. The second-order valence-corrected chi connectivity index (χ2v) is 8.97. The molecule has 166 valence electrons. The zero-order valence-electron chi connectivity index (χ0n) is 17.0. The minimum absolute atomic E-state index is 0.00278. The van der Waals surface area contributed by atoms with E-state index in [0.29, 0.717) is 16.9 Å². The number of pyridine rings is 1. The number of ether oxygens (including phenoxy) is 1. The highest BCUT2D eigenvalue weighted by molar-refractivity contribution is 7.89. The molecule has 4 aromatic rings. The Morgan fingerprint density at radius 3 is 2.38 bits per heavy atom. The Morgan fingerprint density at radius 1 is 1.00 bits per heavy atom. The van der Waals surface area contributed by atoms with Gasteiger partial charge in [-0.3, -0.25) is 0 Å². The molecule has 10 heteroatoms. The van der Waals surface area contributed by atoms with Gasteiger partial charge in [-0.1, -0.05) is 6.07 Å². The molecule has 0 aliphatic carbocycles. The number of alkyl halides is 3. The van der Waals surface area contributed by atoms with E-state index in [9.17, 15) is 21.6 Å². The summed E-state index contributed by atoms with van der Waals surface area (Å²) in [4.78, 5) is 4.54. The van der Waals surface area contributed by atoms with Crippen LogP contribution in [0.5, 0.6) is 11.5 Å². The number of imidazole rings is 1. The van der Waals surface area contributed by atoms with Crippen LogP contribution in [0.25, 0.3) is 16.9 Å². The van der Waals surface area contributed by atoms with E-state index in [0.717, 1.165) is 17.7 Å². The lowest BCUT2D eigenvalue weighted by Crippen LogP contribution is -2.18. The highest BCUT2D eigenvalue weighted by atomic mass is 32.2. The van der Waals surface area contributed by atoms with Crippen molar-refractivity contribution in [3.8, 4) is 22.8 Å². The molecule has 0 saturated carbocycles. The summed E-state index contributed by atoms with van der Waals surface area (Å²) in [5, 5.41) is 0. The van der Waals surface area contributed by atoms with Gasteiger partial charge in [0.15, 0.2) is 0 Å². The third-order valence-electron chi connectivity index (χ3n) is 4.81. The Morgan fingerprint density at radius 2 is 1.72 bits per heavy atom. The molecule has 2 aromatic heterocycles. The molecule has 32 heavy (non-hydrogen) atoms. The number of fused-ring (bicyclic) bond motifs is 1. The summed E-state index contributed by atoms with van der Waals surface area (Å²) in [5.74, 6) is 0.419. The van der Waals surface area contributed by atoms with Gasteiger partial charge in [-0.05, 0) is 68.1 Å². The third kappa shape index (κ3) is 4.32. The van der Waals surface area contributed by atoms with Crippen LogP contribution in [-0.4, -0.2) is 24.9 Å². The Kier molecular flexibility index (Phi) is 5.43. The van der Waals surface area contributed by atoms with Gasteiger partial charge in [0.2, 0.25) is 10.0 Å². The summed E-state index contributed by atoms with van der Waals surface area (Å²) in [7, 11) is -2.44. The van der Waals surface area contributed by atoms with Crippen LogP contribution in [0.15, 0.2) is 71.9 Å². The molecular formula is C22H18F3N3O3S. The molecule has 0 atom stereocenters. The van der Waals surface area contributed by atoms with Gasteiger partial charge in [-0.15, -0.1) is 0 Å². The number of aromatic nitrogens is 2. The number of aryl methyl sites for hydroxylation is 1. The average Bonchev–Trinajstić information content (AvgIpc) is 3.16. The Bertz CT molecular complexity index is 1400. The van der Waals surface area contributed by atoms with Crippen LogP contribution in [-0.2, 0) is 16.2 Å². The third-order valence-corrected chi connectivity index (χ3v) is 6.23. The first-order valence-electron chi connectivity index (χ1n) is 9.45. The predicted molar refractivity (Wildman–Crippen MR) is 113 cm³/mol. The van der Waals surface area contributed by atoms with Crippen molar-refractivity contribution in [3.63, 3.8) is 0 Å². The number of sulfonamides is 1. The van der Waals surface area contributed by atoms with E-state index in [1.807, 2.05) is 25.3 Å². The number of benzene rings is 2. The van der Waals surface area contributed by atoms with Crippen LogP contribution in [0.2, 0.25) is 0 Å². The fourth-order valence-corrected chi connectivity index (χ4v) is 3.91. The predicted octanol–water partition coefficient (Wildman–Crippen LogP) is 5.03. The molecule has 0 unspecified atom stereocenters. The number of hydrogen-bond donors (Lipinski definition) is 1. The highest BCUT2D eigenvalue weighted by Gasteiger charge is 2.30. The SMILES string of the molecule is CNS(=O)(=O)c1ccc(Oc2ccc(C(F)(F)F)cc2)c(-c2cn3cc(C)ccc3n2)c1. The number of hydrogen-bond acceptors (Lipinski definition) is 4. The summed E-state index contributed by atoms with van der Waals surface area (Å²) in [6.45, 7) is 1.93. The molecule has 2 aromatic carbocycles. The summed E-state index contributed by atoms with van der Waals surface area (Å²) in [5.41, 5.74) is 1.69. The van der Waals surface area contributed by atoms with Gasteiger partial charge in [0.05, 0.1) is 16.2 Å². The Hall–Kier alpha value is -3.37. The van der Waals surface area contributed by atoms with Gasteiger partial charge in [-0.25, -0.2) is 18.1 Å². The second-order valence-electron chi connectivity index (χ2n) is 7.09. The van der Waals surface area contributed by atoms with E-state index >= 15 is 0 Å². The molecule has 0 bridgehead atoms. The van der Waals surface area contributed by atoms with Crippen molar-refractivity contribution in [2.24, 2.45) is 0 Å². The fourth-order valence-electron chi connectivity index (χ4n) is 3.15. The maximum atomic E-state index is 12.8. The van der Waals surface area contributed by atoms with Crippen molar-refractivity contribution < 1.29 is 26.3 Å². The zero-order chi connectivity index (χ0) is 23.1. The molecule has 0 saturated heterocycles. The molecule has 0 amide bonds. The molecule has 4 rings (SSSR count). The van der Waals surface area contributed by atoms with Crippen LogP contribution < -0.4 is 9.46 Å². The average molecular weight is 461 g/mol. The number of nitrogens with zero attached hydrogens (tertiary/aromatic N) is 2. The maximum absolute atomic E-state index is 12.8. The second kappa shape index (κ2) is 7.95. The summed E-state index contributed by atoms with van der Waals surface area (Å²) in [6, 6.07) is 12.2. The molecule has 0 radical (unpaired) electrons. The Balaban J connectivity index is 1.81. The van der Waals surface area contributed by atoms with Crippen molar-refractivity contribution in [1.29, 1.82) is 0 Å². The monoisotopic (exact) mass is 461 g/mol. The van der Waals surface area contributed by atoms with Gasteiger partial charge < -0.3 is 9.14 Å². The lowest BCUT2D eigenvalue weighted by molar-refractivity contribution is -0.137. The molecule has 0 aliphatic rings. The topological polar surface area (TPSA) is 72.7 Å². The van der Waals surface area contributed by atoms with E-state index in [-0.39, 0.29) is 16.4 Å². The van der Waals surface area contributed by atoms with E-state index in [1.54, 1.807) is 10.6 Å². The van der Waals surface area contributed by atoms with E-state index in [4.69, 9.17) is 4.74 Å². The molecule has 0 fully saturated rings. The van der Waals surface area contributed by atoms with Crippen molar-refractivity contribution in [3.05, 3.63) is 78.1 Å². The summed E-state index contributed by atoms with van der Waals surface area (Å²) >= 11 is 0. The van der Waals surface area contributed by atoms with E-state index in [2.05, 4.69) is 9.71 Å². The quantitative estimate of drug-likeness (QED) is 0.453. The molecular weight excluding hydrogens is 443 g/mol. The number of rotatable bonds is 5. The number of nitrogens with one attached hydrogen (secondary N) is 1. The highest BCUT2D eigenvalue weighted by Crippen LogP contribution is 2.36. The first-order valence-corrected chi connectivity index (χ1v) is 10.9. The normalized spacial score (nSPS) is 12.3. The number of halogens is 3. The van der Waals surface area contributed by atoms with Gasteiger partial charge in [0.25, 0.3) is 0 Å². The van der Waals surface area contributed by atoms with Crippen molar-refractivity contribution >= 4 is 15.7 Å². The molecule has 0 spiro atoms. The van der Waals surface area contributed by atoms with Gasteiger partial charge in [-0.2, -0.15) is 13.2 Å². The Labute approximate surface area is 182 Å². The van der Waals surface area contributed by atoms with Crippen molar-refractivity contribution in [1.82, 2.24) is 14.1 Å². The minimum Gasteiger partial charge on any atom is -0.457 e. The van der Waals surface area contributed by atoms with Crippen LogP contribution in [0, 0.1) is 6.92 Å². The molecule has 1 N–H and O–H groups in total. The lowest BCUT2D eigenvalue weighted by Gasteiger charge is -2.13. The van der Waals surface area contributed by atoms with Crippen LogP contribution in [0.1, 0.15) is 11.1 Å². The van der Waals surface area contributed by atoms with Crippen molar-refractivity contribution in [2.45, 2.75) is 18.0 Å². The smallest absolute Gasteiger partial charge is 0.416 e.